The van der Waals surface area contributed by atoms with E-state index in [0.717, 1.165) is 63.4 Å². The third-order valence-electron chi connectivity index (χ3n) is 6.00. The molecule has 7 heteroatoms. The van der Waals surface area contributed by atoms with Gasteiger partial charge in [-0.25, -0.2) is 9.97 Å². The van der Waals surface area contributed by atoms with Crippen molar-refractivity contribution in [2.24, 2.45) is 5.92 Å². The van der Waals surface area contributed by atoms with Crippen LogP contribution < -0.4 is 10.2 Å². The summed E-state index contributed by atoms with van der Waals surface area (Å²) in [5.41, 5.74) is 1.10. The van der Waals surface area contributed by atoms with Crippen LogP contribution in [0.1, 0.15) is 51.1 Å². The van der Waals surface area contributed by atoms with Gasteiger partial charge >= 0.3 is 0 Å². The highest BCUT2D eigenvalue weighted by molar-refractivity contribution is 5.78. The van der Waals surface area contributed by atoms with E-state index in [2.05, 4.69) is 45.0 Å². The molecule has 0 unspecified atom stereocenters. The van der Waals surface area contributed by atoms with Gasteiger partial charge in [-0.1, -0.05) is 13.8 Å². The lowest BCUT2D eigenvalue weighted by Crippen LogP contribution is -2.51. The topological polar surface area (TPSA) is 70.6 Å². The fourth-order valence-corrected chi connectivity index (χ4v) is 4.28. The number of amides is 1. The van der Waals surface area contributed by atoms with E-state index in [0.29, 0.717) is 25.1 Å². The Morgan fingerprint density at radius 2 is 2.04 bits per heavy atom. The Hall–Kier alpha value is -1.73. The summed E-state index contributed by atoms with van der Waals surface area (Å²) in [6.07, 6.45) is 6.03. The summed E-state index contributed by atoms with van der Waals surface area (Å²) in [5.74, 6) is 1.76. The van der Waals surface area contributed by atoms with Crippen LogP contribution in [0.15, 0.2) is 12.4 Å². The first kappa shape index (κ1) is 21.0. The van der Waals surface area contributed by atoms with Crippen LogP contribution in [0.25, 0.3) is 0 Å². The Kier molecular flexibility index (Phi) is 7.62. The summed E-state index contributed by atoms with van der Waals surface area (Å²) in [7, 11) is 1.66. The summed E-state index contributed by atoms with van der Waals surface area (Å²) < 4.78 is 5.02. The van der Waals surface area contributed by atoms with Gasteiger partial charge in [0.15, 0.2) is 0 Å². The fraction of sp³-hybridized carbons (Fsp3) is 0.762. The first-order chi connectivity index (χ1) is 13.6. The molecule has 2 fully saturated rings. The maximum Gasteiger partial charge on any atom is 0.224 e. The molecule has 1 amide bonds. The summed E-state index contributed by atoms with van der Waals surface area (Å²) in [4.78, 5) is 26.2. The second-order valence-electron chi connectivity index (χ2n) is 8.29. The van der Waals surface area contributed by atoms with Gasteiger partial charge in [0.05, 0.1) is 12.5 Å². The molecule has 0 aromatic carbocycles. The lowest BCUT2D eigenvalue weighted by molar-refractivity contribution is -0.127. The van der Waals surface area contributed by atoms with Crippen LogP contribution >= 0.6 is 0 Å². The molecule has 1 N–H and O–H groups in total. The van der Waals surface area contributed by atoms with E-state index in [1.165, 1.54) is 0 Å². The third kappa shape index (κ3) is 5.41. The molecule has 0 aliphatic carbocycles. The number of nitrogens with zero attached hydrogens (tertiary/aromatic N) is 4. The Balaban J connectivity index is 1.50. The van der Waals surface area contributed by atoms with Gasteiger partial charge in [0, 0.05) is 51.1 Å². The molecule has 0 saturated carbocycles. The minimum absolute atomic E-state index is 0.110. The maximum absolute atomic E-state index is 12.4. The largest absolute Gasteiger partial charge is 0.383 e. The third-order valence-corrected chi connectivity index (χ3v) is 6.00. The van der Waals surface area contributed by atoms with Crippen molar-refractivity contribution in [3.63, 3.8) is 0 Å². The Morgan fingerprint density at radius 3 is 2.75 bits per heavy atom. The summed E-state index contributed by atoms with van der Waals surface area (Å²) in [6, 6.07) is 2.70. The summed E-state index contributed by atoms with van der Waals surface area (Å²) in [6.45, 7) is 9.52. The van der Waals surface area contributed by atoms with Gasteiger partial charge in [-0.2, -0.15) is 0 Å². The van der Waals surface area contributed by atoms with Crippen molar-refractivity contribution in [2.75, 3.05) is 51.3 Å². The molecular formula is C21H35N5O2. The molecular weight excluding hydrogens is 354 g/mol. The number of likely N-dealkylation sites (tertiary alicyclic amines) is 1. The van der Waals surface area contributed by atoms with Crippen molar-refractivity contribution in [3.8, 4) is 0 Å². The number of hydrogen-bond donors (Lipinski definition) is 1. The van der Waals surface area contributed by atoms with Crippen molar-refractivity contribution in [1.29, 1.82) is 0 Å². The normalized spacial score (nSPS) is 21.9. The number of rotatable bonds is 7. The number of nitrogens with one attached hydrogen (secondary N) is 1. The van der Waals surface area contributed by atoms with Gasteiger partial charge in [0.2, 0.25) is 5.91 Å². The molecule has 3 rings (SSSR count). The zero-order valence-corrected chi connectivity index (χ0v) is 17.6. The van der Waals surface area contributed by atoms with E-state index in [1.807, 2.05) is 0 Å². The Labute approximate surface area is 168 Å². The van der Waals surface area contributed by atoms with Crippen LogP contribution in [-0.2, 0) is 9.53 Å². The number of carbonyl (C=O) groups is 1. The van der Waals surface area contributed by atoms with Crippen LogP contribution in [0.4, 0.5) is 5.82 Å². The van der Waals surface area contributed by atoms with E-state index in [1.54, 1.807) is 13.4 Å². The smallest absolute Gasteiger partial charge is 0.224 e. The van der Waals surface area contributed by atoms with Crippen molar-refractivity contribution in [2.45, 2.75) is 51.5 Å². The van der Waals surface area contributed by atoms with Crippen LogP contribution in [-0.4, -0.2) is 73.3 Å². The Morgan fingerprint density at radius 1 is 1.25 bits per heavy atom. The van der Waals surface area contributed by atoms with E-state index in [9.17, 15) is 4.79 Å². The monoisotopic (exact) mass is 389 g/mol. The maximum atomic E-state index is 12.4. The van der Waals surface area contributed by atoms with Gasteiger partial charge in [0.25, 0.3) is 0 Å². The van der Waals surface area contributed by atoms with Gasteiger partial charge in [-0.05, 0) is 38.1 Å². The van der Waals surface area contributed by atoms with Gasteiger partial charge in [-0.15, -0.1) is 0 Å². The average Bonchev–Trinajstić information content (AvgIpc) is 2.74. The zero-order valence-electron chi connectivity index (χ0n) is 17.6. The molecule has 0 spiro atoms. The van der Waals surface area contributed by atoms with E-state index in [4.69, 9.17) is 4.74 Å². The minimum Gasteiger partial charge on any atom is -0.383 e. The second-order valence-corrected chi connectivity index (χ2v) is 8.29. The molecule has 3 heterocycles. The van der Waals surface area contributed by atoms with Crippen LogP contribution in [0.5, 0.6) is 0 Å². The molecule has 2 saturated heterocycles. The molecule has 1 atom stereocenters. The second kappa shape index (κ2) is 10.2. The molecule has 28 heavy (non-hydrogen) atoms. The number of carbonyl (C=O) groups excluding carboxylic acids is 1. The number of aromatic nitrogens is 2. The van der Waals surface area contributed by atoms with Crippen molar-refractivity contribution >= 4 is 11.7 Å². The van der Waals surface area contributed by atoms with E-state index >= 15 is 0 Å². The quantitative estimate of drug-likeness (QED) is 0.720. The van der Waals surface area contributed by atoms with Crippen LogP contribution in [0, 0.1) is 5.92 Å². The highest BCUT2D eigenvalue weighted by Gasteiger charge is 2.31. The van der Waals surface area contributed by atoms with Crippen molar-refractivity contribution < 1.29 is 9.53 Å². The molecule has 156 valence electrons. The lowest BCUT2D eigenvalue weighted by atomic mass is 9.93. The van der Waals surface area contributed by atoms with Crippen LogP contribution in [0.2, 0.25) is 0 Å². The molecule has 0 bridgehead atoms. The molecule has 7 nitrogen and oxygen atoms in total. The Bertz CT molecular complexity index is 631. The van der Waals surface area contributed by atoms with Crippen molar-refractivity contribution in [1.82, 2.24) is 20.2 Å². The number of piperidine rings is 2. The number of ether oxygens (including phenoxy) is 1. The first-order valence-electron chi connectivity index (χ1n) is 10.7. The van der Waals surface area contributed by atoms with Crippen molar-refractivity contribution in [3.05, 3.63) is 18.1 Å². The standard InChI is InChI=1S/C21H35N5O2/c1-16(2)19-13-20(24-15-23-19)25-10-6-18(7-11-25)26-9-4-5-17(14-26)21(27)22-8-12-28-3/h13,15-18H,4-12,14H2,1-3H3,(H,22,27)/t17-/m1/s1. The average molecular weight is 390 g/mol. The molecule has 1 aromatic heterocycles. The zero-order chi connectivity index (χ0) is 19.9. The minimum atomic E-state index is 0.110. The first-order valence-corrected chi connectivity index (χ1v) is 10.7. The predicted molar refractivity (Wildman–Crippen MR) is 111 cm³/mol. The lowest BCUT2D eigenvalue weighted by Gasteiger charge is -2.42. The van der Waals surface area contributed by atoms with Gasteiger partial charge in [0.1, 0.15) is 12.1 Å². The summed E-state index contributed by atoms with van der Waals surface area (Å²) >= 11 is 0. The number of anilines is 1. The molecule has 0 radical (unpaired) electrons. The fourth-order valence-electron chi connectivity index (χ4n) is 4.28. The molecule has 2 aliphatic heterocycles. The number of methoxy groups -OCH3 is 1. The van der Waals surface area contributed by atoms with Crippen LogP contribution in [0.3, 0.4) is 0 Å². The highest BCUT2D eigenvalue weighted by Crippen LogP contribution is 2.26. The summed E-state index contributed by atoms with van der Waals surface area (Å²) in [5, 5.41) is 3.01. The molecule has 1 aromatic rings. The van der Waals surface area contributed by atoms with Gasteiger partial charge in [-0.3, -0.25) is 9.69 Å². The number of hydrogen-bond acceptors (Lipinski definition) is 6. The molecule has 2 aliphatic rings. The van der Waals surface area contributed by atoms with Gasteiger partial charge < -0.3 is 15.0 Å². The predicted octanol–water partition coefficient (Wildman–Crippen LogP) is 2.04. The SMILES string of the molecule is COCCNC(=O)[C@@H]1CCCN(C2CCN(c3cc(C(C)C)ncn3)CC2)C1. The van der Waals surface area contributed by atoms with E-state index in [-0.39, 0.29) is 11.8 Å². The van der Waals surface area contributed by atoms with E-state index < -0.39 is 0 Å². The highest BCUT2D eigenvalue weighted by atomic mass is 16.5.